The van der Waals surface area contributed by atoms with E-state index in [-0.39, 0.29) is 29.9 Å². The van der Waals surface area contributed by atoms with Gasteiger partial charge in [0.2, 0.25) is 5.91 Å². The predicted octanol–water partition coefficient (Wildman–Crippen LogP) is 1.85. The summed E-state index contributed by atoms with van der Waals surface area (Å²) in [5, 5.41) is 6.33. The van der Waals surface area contributed by atoms with Gasteiger partial charge in [0.1, 0.15) is 0 Å². The summed E-state index contributed by atoms with van der Waals surface area (Å²) in [6, 6.07) is 9.98. The predicted molar refractivity (Wildman–Crippen MR) is 109 cm³/mol. The summed E-state index contributed by atoms with van der Waals surface area (Å²) in [5.74, 6) is 0.816. The van der Waals surface area contributed by atoms with Crippen LogP contribution < -0.4 is 10.6 Å². The zero-order valence-corrected chi connectivity index (χ0v) is 17.1. The Labute approximate surface area is 162 Å². The molecule has 6 nitrogen and oxygen atoms in total. The molecule has 0 saturated heterocycles. The second-order valence-corrected chi connectivity index (χ2v) is 5.26. The Morgan fingerprint density at radius 2 is 1.88 bits per heavy atom. The molecule has 24 heavy (non-hydrogen) atoms. The minimum atomic E-state index is 0. The minimum Gasteiger partial charge on any atom is -0.385 e. The highest BCUT2D eigenvalue weighted by atomic mass is 127. The van der Waals surface area contributed by atoms with E-state index in [9.17, 15) is 4.79 Å². The number of rotatable bonds is 9. The molecule has 1 aromatic rings. The number of methoxy groups -OCH3 is 1. The van der Waals surface area contributed by atoms with Gasteiger partial charge in [-0.2, -0.15) is 0 Å². The Bertz CT molecular complexity index is 483. The lowest BCUT2D eigenvalue weighted by Crippen LogP contribution is -2.40. The highest BCUT2D eigenvalue weighted by molar-refractivity contribution is 14.0. The van der Waals surface area contributed by atoms with Crippen LogP contribution in [0.4, 0.5) is 0 Å². The number of amides is 1. The Balaban J connectivity index is 0.00000529. The number of guanidine groups is 1. The minimum absolute atomic E-state index is 0. The largest absolute Gasteiger partial charge is 0.385 e. The molecule has 0 radical (unpaired) electrons. The number of hydrogen-bond acceptors (Lipinski definition) is 3. The Hall–Kier alpha value is -1.35. The molecule has 2 N–H and O–H groups in total. The van der Waals surface area contributed by atoms with E-state index in [2.05, 4.69) is 15.6 Å². The van der Waals surface area contributed by atoms with E-state index in [1.165, 1.54) is 0 Å². The van der Waals surface area contributed by atoms with Crippen molar-refractivity contribution in [2.75, 3.05) is 40.9 Å². The molecule has 0 aliphatic heterocycles. The van der Waals surface area contributed by atoms with Crippen LogP contribution in [0.2, 0.25) is 0 Å². The zero-order chi connectivity index (χ0) is 16.9. The molecule has 0 aliphatic rings. The lowest BCUT2D eigenvalue weighted by molar-refractivity contribution is -0.130. The van der Waals surface area contributed by atoms with Gasteiger partial charge in [-0.05, 0) is 12.0 Å². The second-order valence-electron chi connectivity index (χ2n) is 5.26. The maximum absolute atomic E-state index is 12.1. The molecule has 136 valence electrons. The Morgan fingerprint density at radius 1 is 1.21 bits per heavy atom. The molecule has 0 aliphatic carbocycles. The molecule has 1 amide bonds. The fourth-order valence-corrected chi connectivity index (χ4v) is 2.07. The first-order chi connectivity index (χ1) is 11.2. The fraction of sp³-hybridized carbons (Fsp3) is 0.529. The van der Waals surface area contributed by atoms with Crippen LogP contribution in [0.3, 0.4) is 0 Å². The highest BCUT2D eigenvalue weighted by Crippen LogP contribution is 2.03. The zero-order valence-electron chi connectivity index (χ0n) is 14.7. The van der Waals surface area contributed by atoms with Crippen molar-refractivity contribution in [2.45, 2.75) is 19.4 Å². The van der Waals surface area contributed by atoms with Crippen molar-refractivity contribution in [1.29, 1.82) is 0 Å². The topological polar surface area (TPSA) is 66.0 Å². The van der Waals surface area contributed by atoms with E-state index in [4.69, 9.17) is 4.74 Å². The summed E-state index contributed by atoms with van der Waals surface area (Å²) in [7, 11) is 5.23. The summed E-state index contributed by atoms with van der Waals surface area (Å²) in [6.07, 6.45) is 1.35. The van der Waals surface area contributed by atoms with Gasteiger partial charge in [0.25, 0.3) is 0 Å². The number of aliphatic imine (C=N–C) groups is 1. The number of nitrogens with one attached hydrogen (secondary N) is 2. The van der Waals surface area contributed by atoms with Gasteiger partial charge in [0, 0.05) is 53.9 Å². The first kappa shape index (κ1) is 22.6. The molecule has 0 atom stereocenters. The van der Waals surface area contributed by atoms with E-state index >= 15 is 0 Å². The van der Waals surface area contributed by atoms with Crippen molar-refractivity contribution < 1.29 is 9.53 Å². The third-order valence-corrected chi connectivity index (χ3v) is 3.36. The van der Waals surface area contributed by atoms with Crippen LogP contribution >= 0.6 is 24.0 Å². The van der Waals surface area contributed by atoms with Crippen LogP contribution in [0.1, 0.15) is 18.4 Å². The summed E-state index contributed by atoms with van der Waals surface area (Å²) in [4.78, 5) is 18.0. The Morgan fingerprint density at radius 3 is 2.50 bits per heavy atom. The molecule has 1 rings (SSSR count). The van der Waals surface area contributed by atoms with E-state index < -0.39 is 0 Å². The lowest BCUT2D eigenvalue weighted by atomic mass is 10.2. The van der Waals surface area contributed by atoms with Crippen LogP contribution in [0.15, 0.2) is 35.3 Å². The maximum atomic E-state index is 12.1. The first-order valence-corrected chi connectivity index (χ1v) is 7.88. The highest BCUT2D eigenvalue weighted by Gasteiger charge is 2.09. The standard InChI is InChI=1S/C17H28N4O2.HI/c1-18-17(19-11-7-13-23-3)20-12-10-16(22)21(2)14-15-8-5-4-6-9-15;/h4-6,8-9H,7,10-14H2,1-3H3,(H2,18,19,20);1H. The van der Waals surface area contributed by atoms with Gasteiger partial charge >= 0.3 is 0 Å². The van der Waals surface area contributed by atoms with Crippen LogP contribution in [-0.4, -0.2) is 57.7 Å². The van der Waals surface area contributed by atoms with Gasteiger partial charge in [0.05, 0.1) is 0 Å². The van der Waals surface area contributed by atoms with E-state index in [1.54, 1.807) is 19.1 Å². The normalized spacial score (nSPS) is 10.7. The second kappa shape index (κ2) is 14.0. The molecule has 0 fully saturated rings. The maximum Gasteiger partial charge on any atom is 0.224 e. The van der Waals surface area contributed by atoms with Crippen LogP contribution in [0, 0.1) is 0 Å². The van der Waals surface area contributed by atoms with Gasteiger partial charge in [-0.25, -0.2) is 0 Å². The average molecular weight is 448 g/mol. The van der Waals surface area contributed by atoms with Crippen molar-refractivity contribution in [3.8, 4) is 0 Å². The van der Waals surface area contributed by atoms with Gasteiger partial charge in [-0.1, -0.05) is 30.3 Å². The third-order valence-electron chi connectivity index (χ3n) is 3.36. The van der Waals surface area contributed by atoms with E-state index in [0.29, 0.717) is 32.1 Å². The lowest BCUT2D eigenvalue weighted by Gasteiger charge is -2.18. The molecule has 0 saturated carbocycles. The number of carbonyl (C=O) groups excluding carboxylic acids is 1. The average Bonchev–Trinajstić information content (AvgIpc) is 2.57. The molecule has 0 aromatic heterocycles. The molecule has 0 heterocycles. The number of hydrogen-bond donors (Lipinski definition) is 2. The van der Waals surface area contributed by atoms with Crippen LogP contribution in [-0.2, 0) is 16.1 Å². The van der Waals surface area contributed by atoms with Crippen molar-refractivity contribution in [3.05, 3.63) is 35.9 Å². The van der Waals surface area contributed by atoms with E-state index in [1.807, 2.05) is 37.4 Å². The number of benzene rings is 1. The molecule has 0 bridgehead atoms. The summed E-state index contributed by atoms with van der Waals surface area (Å²) in [5.41, 5.74) is 1.13. The molecule has 1 aromatic carbocycles. The monoisotopic (exact) mass is 448 g/mol. The van der Waals surface area contributed by atoms with Crippen molar-refractivity contribution >= 4 is 35.8 Å². The number of halogens is 1. The third kappa shape index (κ3) is 9.71. The Kier molecular flexibility index (Phi) is 13.2. The number of carbonyl (C=O) groups is 1. The van der Waals surface area contributed by atoms with E-state index in [0.717, 1.165) is 18.5 Å². The SMILES string of the molecule is CN=C(NCCCOC)NCCC(=O)N(C)Cc1ccccc1.I. The quantitative estimate of drug-likeness (QED) is 0.262. The molecule has 7 heteroatoms. The van der Waals surface area contributed by atoms with Crippen molar-refractivity contribution in [3.63, 3.8) is 0 Å². The van der Waals surface area contributed by atoms with Gasteiger partial charge in [-0.3, -0.25) is 9.79 Å². The summed E-state index contributed by atoms with van der Waals surface area (Å²) < 4.78 is 4.99. The smallest absolute Gasteiger partial charge is 0.224 e. The molecular weight excluding hydrogens is 419 g/mol. The fourth-order valence-electron chi connectivity index (χ4n) is 2.07. The van der Waals surface area contributed by atoms with Gasteiger partial charge < -0.3 is 20.3 Å². The van der Waals surface area contributed by atoms with Crippen LogP contribution in [0.5, 0.6) is 0 Å². The van der Waals surface area contributed by atoms with Gasteiger partial charge in [-0.15, -0.1) is 24.0 Å². The summed E-state index contributed by atoms with van der Waals surface area (Å²) >= 11 is 0. The molecular formula is C17H29IN4O2. The molecule has 0 spiro atoms. The van der Waals surface area contributed by atoms with Crippen molar-refractivity contribution in [2.24, 2.45) is 4.99 Å². The number of nitrogens with zero attached hydrogens (tertiary/aromatic N) is 2. The number of ether oxygens (including phenoxy) is 1. The molecule has 0 unspecified atom stereocenters. The van der Waals surface area contributed by atoms with Gasteiger partial charge in [0.15, 0.2) is 5.96 Å². The first-order valence-electron chi connectivity index (χ1n) is 7.88. The summed E-state index contributed by atoms with van der Waals surface area (Å²) in [6.45, 7) is 2.69. The van der Waals surface area contributed by atoms with Crippen molar-refractivity contribution in [1.82, 2.24) is 15.5 Å². The van der Waals surface area contributed by atoms with Crippen LogP contribution in [0.25, 0.3) is 0 Å².